The summed E-state index contributed by atoms with van der Waals surface area (Å²) in [4.78, 5) is 12.2. The quantitative estimate of drug-likeness (QED) is 0.787. The molecule has 5 nitrogen and oxygen atoms in total. The Hall–Kier alpha value is -2.30. The fraction of sp³-hybridized carbons (Fsp3) is 0.286. The van der Waals surface area contributed by atoms with Gasteiger partial charge in [-0.1, -0.05) is 0 Å². The second-order valence-electron chi connectivity index (χ2n) is 4.51. The van der Waals surface area contributed by atoms with Gasteiger partial charge >= 0.3 is 0 Å². The Morgan fingerprint density at radius 2 is 2.21 bits per heavy atom. The molecular weight excluding hydrogens is 240 g/mol. The van der Waals surface area contributed by atoms with Gasteiger partial charge < -0.3 is 10.6 Å². The zero-order valence-corrected chi connectivity index (χ0v) is 11.3. The smallest absolute Gasteiger partial charge is 0.252 e. The molecule has 2 aromatic rings. The van der Waals surface area contributed by atoms with Crippen LogP contribution in [0.1, 0.15) is 34.5 Å². The fourth-order valence-electron chi connectivity index (χ4n) is 1.93. The van der Waals surface area contributed by atoms with E-state index in [0.717, 1.165) is 16.8 Å². The van der Waals surface area contributed by atoms with Crippen LogP contribution in [0, 0.1) is 6.92 Å². The molecule has 0 spiro atoms. The van der Waals surface area contributed by atoms with E-state index in [2.05, 4.69) is 20.8 Å². The maximum atomic E-state index is 12.2. The lowest BCUT2D eigenvalue weighted by Crippen LogP contribution is -2.27. The molecule has 0 fully saturated rings. The number of aromatic amines is 1. The van der Waals surface area contributed by atoms with Gasteiger partial charge in [0.15, 0.2) is 0 Å². The summed E-state index contributed by atoms with van der Waals surface area (Å²) in [5, 5.41) is 12.6. The number of aryl methyl sites for hydroxylation is 1. The first-order valence-corrected chi connectivity index (χ1v) is 6.19. The van der Waals surface area contributed by atoms with E-state index in [-0.39, 0.29) is 11.9 Å². The van der Waals surface area contributed by atoms with Crippen molar-refractivity contribution in [1.82, 2.24) is 15.5 Å². The standard InChI is InChI=1S/C14H18N4O/c1-9-6-12(15-3)4-5-13(9)14(19)18-10(2)11-7-16-17-8-11/h4-8,10,15H,1-3H3,(H,16,17)(H,18,19). The third-order valence-electron chi connectivity index (χ3n) is 3.13. The highest BCUT2D eigenvalue weighted by Gasteiger charge is 2.14. The summed E-state index contributed by atoms with van der Waals surface area (Å²) < 4.78 is 0. The number of benzene rings is 1. The SMILES string of the molecule is CNc1ccc(C(=O)NC(C)c2cn[nH]c2)c(C)c1. The van der Waals surface area contributed by atoms with Gasteiger partial charge in [0.2, 0.25) is 0 Å². The van der Waals surface area contributed by atoms with Crippen LogP contribution < -0.4 is 10.6 Å². The molecule has 0 aliphatic rings. The van der Waals surface area contributed by atoms with Crippen molar-refractivity contribution >= 4 is 11.6 Å². The second-order valence-corrected chi connectivity index (χ2v) is 4.51. The number of carbonyl (C=O) groups is 1. The molecule has 1 amide bonds. The molecule has 100 valence electrons. The lowest BCUT2D eigenvalue weighted by molar-refractivity contribution is 0.0939. The van der Waals surface area contributed by atoms with E-state index in [1.165, 1.54) is 0 Å². The van der Waals surface area contributed by atoms with Crippen LogP contribution in [0.4, 0.5) is 5.69 Å². The van der Waals surface area contributed by atoms with Crippen LogP contribution in [0.5, 0.6) is 0 Å². The lowest BCUT2D eigenvalue weighted by Gasteiger charge is -2.14. The number of nitrogens with zero attached hydrogens (tertiary/aromatic N) is 1. The number of H-pyrrole nitrogens is 1. The highest BCUT2D eigenvalue weighted by Crippen LogP contribution is 2.16. The summed E-state index contributed by atoms with van der Waals surface area (Å²) in [5.74, 6) is -0.0751. The highest BCUT2D eigenvalue weighted by atomic mass is 16.1. The average Bonchev–Trinajstić information content (AvgIpc) is 2.92. The van der Waals surface area contributed by atoms with Gasteiger partial charge in [-0.25, -0.2) is 0 Å². The average molecular weight is 258 g/mol. The minimum Gasteiger partial charge on any atom is -0.388 e. The van der Waals surface area contributed by atoms with Gasteiger partial charge in [-0.2, -0.15) is 5.10 Å². The summed E-state index contributed by atoms with van der Waals surface area (Å²) >= 11 is 0. The molecule has 0 aliphatic heterocycles. The number of nitrogens with one attached hydrogen (secondary N) is 3. The Morgan fingerprint density at radius 3 is 2.79 bits per heavy atom. The molecule has 19 heavy (non-hydrogen) atoms. The van der Waals surface area contributed by atoms with E-state index in [9.17, 15) is 4.79 Å². The minimum absolute atomic E-state index is 0.0744. The van der Waals surface area contributed by atoms with Crippen LogP contribution in [0.15, 0.2) is 30.6 Å². The number of amides is 1. The first-order valence-electron chi connectivity index (χ1n) is 6.19. The number of rotatable bonds is 4. The van der Waals surface area contributed by atoms with Crippen molar-refractivity contribution in [2.75, 3.05) is 12.4 Å². The van der Waals surface area contributed by atoms with Crippen molar-refractivity contribution in [3.63, 3.8) is 0 Å². The van der Waals surface area contributed by atoms with E-state index >= 15 is 0 Å². The second kappa shape index (κ2) is 5.56. The van der Waals surface area contributed by atoms with Crippen molar-refractivity contribution in [1.29, 1.82) is 0 Å². The topological polar surface area (TPSA) is 69.8 Å². The maximum absolute atomic E-state index is 12.2. The van der Waals surface area contributed by atoms with Crippen LogP contribution in [-0.2, 0) is 0 Å². The Morgan fingerprint density at radius 1 is 1.42 bits per heavy atom. The summed E-state index contributed by atoms with van der Waals surface area (Å²) in [6.07, 6.45) is 3.49. The molecule has 2 rings (SSSR count). The zero-order valence-electron chi connectivity index (χ0n) is 11.3. The van der Waals surface area contributed by atoms with Gasteiger partial charge in [-0.3, -0.25) is 9.89 Å². The molecular formula is C14H18N4O. The molecule has 5 heteroatoms. The Kier molecular flexibility index (Phi) is 3.85. The molecule has 1 unspecified atom stereocenters. The fourth-order valence-corrected chi connectivity index (χ4v) is 1.93. The first-order chi connectivity index (χ1) is 9.11. The van der Waals surface area contributed by atoms with Gasteiger partial charge in [-0.05, 0) is 37.6 Å². The molecule has 1 aromatic carbocycles. The normalized spacial score (nSPS) is 11.9. The molecule has 0 saturated carbocycles. The zero-order chi connectivity index (χ0) is 13.8. The largest absolute Gasteiger partial charge is 0.388 e. The van der Waals surface area contributed by atoms with Crippen LogP contribution >= 0.6 is 0 Å². The van der Waals surface area contributed by atoms with Crippen molar-refractivity contribution in [3.8, 4) is 0 Å². The maximum Gasteiger partial charge on any atom is 0.252 e. The molecule has 0 bridgehead atoms. The summed E-state index contributed by atoms with van der Waals surface area (Å²) in [7, 11) is 1.86. The summed E-state index contributed by atoms with van der Waals surface area (Å²) in [6, 6.07) is 5.61. The Bertz CT molecular complexity index is 563. The third-order valence-corrected chi connectivity index (χ3v) is 3.13. The number of aromatic nitrogens is 2. The van der Waals surface area contributed by atoms with E-state index in [0.29, 0.717) is 5.56 Å². The predicted octanol–water partition coefficient (Wildman–Crippen LogP) is 2.25. The van der Waals surface area contributed by atoms with Gasteiger partial charge in [0.1, 0.15) is 0 Å². The molecule has 1 heterocycles. The Labute approximate surface area is 112 Å². The number of anilines is 1. The van der Waals surface area contributed by atoms with Gasteiger partial charge in [0.25, 0.3) is 5.91 Å². The van der Waals surface area contributed by atoms with Crippen LogP contribution in [0.2, 0.25) is 0 Å². The van der Waals surface area contributed by atoms with Gasteiger partial charge in [-0.15, -0.1) is 0 Å². The molecule has 1 atom stereocenters. The molecule has 0 saturated heterocycles. The van der Waals surface area contributed by atoms with Crippen molar-refractivity contribution < 1.29 is 4.79 Å². The molecule has 0 radical (unpaired) electrons. The van der Waals surface area contributed by atoms with E-state index in [1.54, 1.807) is 12.4 Å². The molecule has 1 aromatic heterocycles. The predicted molar refractivity (Wildman–Crippen MR) is 75.2 cm³/mol. The summed E-state index contributed by atoms with van der Waals surface area (Å²) in [6.45, 7) is 3.86. The van der Waals surface area contributed by atoms with Crippen molar-refractivity contribution in [3.05, 3.63) is 47.3 Å². The monoisotopic (exact) mass is 258 g/mol. The van der Waals surface area contributed by atoms with Crippen molar-refractivity contribution in [2.45, 2.75) is 19.9 Å². The van der Waals surface area contributed by atoms with Gasteiger partial charge in [0.05, 0.1) is 12.2 Å². The van der Waals surface area contributed by atoms with E-state index in [1.807, 2.05) is 39.1 Å². The van der Waals surface area contributed by atoms with Crippen LogP contribution in [-0.4, -0.2) is 23.2 Å². The summed E-state index contributed by atoms with van der Waals surface area (Å²) in [5.41, 5.74) is 3.59. The van der Waals surface area contributed by atoms with E-state index in [4.69, 9.17) is 0 Å². The van der Waals surface area contributed by atoms with Crippen LogP contribution in [0.25, 0.3) is 0 Å². The van der Waals surface area contributed by atoms with Crippen LogP contribution in [0.3, 0.4) is 0 Å². The Balaban J connectivity index is 2.12. The number of hydrogen-bond acceptors (Lipinski definition) is 3. The van der Waals surface area contributed by atoms with Crippen molar-refractivity contribution in [2.24, 2.45) is 0 Å². The molecule has 3 N–H and O–H groups in total. The number of carbonyl (C=O) groups excluding carboxylic acids is 1. The highest BCUT2D eigenvalue weighted by molar-refractivity contribution is 5.96. The lowest BCUT2D eigenvalue weighted by atomic mass is 10.1. The minimum atomic E-state index is -0.0751. The third kappa shape index (κ3) is 2.93. The van der Waals surface area contributed by atoms with E-state index < -0.39 is 0 Å². The molecule has 0 aliphatic carbocycles. The first kappa shape index (κ1) is 13.1. The van der Waals surface area contributed by atoms with Gasteiger partial charge in [0, 0.05) is 30.1 Å². The number of hydrogen-bond donors (Lipinski definition) is 3.